The first-order valence-electron chi connectivity index (χ1n) is 10.5. The lowest BCUT2D eigenvalue weighted by molar-refractivity contribution is -0.128. The zero-order valence-corrected chi connectivity index (χ0v) is 18.9. The minimum atomic E-state index is -0.366. The van der Waals surface area contributed by atoms with Crippen molar-refractivity contribution < 1.29 is 9.53 Å². The molecule has 0 saturated carbocycles. The maximum absolute atomic E-state index is 13.5. The van der Waals surface area contributed by atoms with E-state index in [9.17, 15) is 14.4 Å². The van der Waals surface area contributed by atoms with Gasteiger partial charge in [0.15, 0.2) is 0 Å². The standard InChI is InChI=1S/C23H28ClN3O4/c1-15(2)5-10-18-20-19(13-25-21(18)16-6-8-17(24)9-7-16)26(3)23(30)27(22(20)29)11-4-12-31-14-28/h6-9,14-15,25H,4-5,10-13H2,1-3H3. The average Bonchev–Trinajstić information content (AvgIpc) is 2.75. The van der Waals surface area contributed by atoms with Gasteiger partial charge in [-0.15, -0.1) is 0 Å². The highest BCUT2D eigenvalue weighted by Crippen LogP contribution is 2.33. The summed E-state index contributed by atoms with van der Waals surface area (Å²) in [6, 6.07) is 7.52. The molecule has 7 nitrogen and oxygen atoms in total. The number of carbonyl (C=O) groups is 1. The van der Waals surface area contributed by atoms with Crippen LogP contribution in [0.4, 0.5) is 0 Å². The smallest absolute Gasteiger partial charge is 0.331 e. The molecule has 0 atom stereocenters. The molecule has 2 heterocycles. The van der Waals surface area contributed by atoms with Crippen LogP contribution >= 0.6 is 11.6 Å². The van der Waals surface area contributed by atoms with Gasteiger partial charge in [0.1, 0.15) is 0 Å². The van der Waals surface area contributed by atoms with E-state index >= 15 is 0 Å². The molecule has 0 bridgehead atoms. The number of allylic oxidation sites excluding steroid dienone is 1. The lowest BCUT2D eigenvalue weighted by atomic mass is 9.90. The van der Waals surface area contributed by atoms with Gasteiger partial charge in [-0.2, -0.15) is 0 Å². The second kappa shape index (κ2) is 10.0. The van der Waals surface area contributed by atoms with Crippen LogP contribution in [-0.2, 0) is 29.7 Å². The highest BCUT2D eigenvalue weighted by Gasteiger charge is 2.27. The molecule has 3 rings (SSSR count). The van der Waals surface area contributed by atoms with Crippen LogP contribution < -0.4 is 16.6 Å². The van der Waals surface area contributed by atoms with E-state index in [0.29, 0.717) is 48.1 Å². The van der Waals surface area contributed by atoms with Gasteiger partial charge in [-0.3, -0.25) is 18.7 Å². The number of nitrogens with zero attached hydrogens (tertiary/aromatic N) is 2. The number of nitrogens with one attached hydrogen (secondary N) is 1. The van der Waals surface area contributed by atoms with Gasteiger partial charge < -0.3 is 10.1 Å². The predicted molar refractivity (Wildman–Crippen MR) is 122 cm³/mol. The van der Waals surface area contributed by atoms with Gasteiger partial charge in [0.05, 0.1) is 24.4 Å². The maximum atomic E-state index is 13.5. The number of ether oxygens (including phenoxy) is 1. The van der Waals surface area contributed by atoms with E-state index in [1.165, 1.54) is 4.57 Å². The van der Waals surface area contributed by atoms with Crippen molar-refractivity contribution in [1.29, 1.82) is 0 Å². The van der Waals surface area contributed by atoms with E-state index in [4.69, 9.17) is 16.3 Å². The summed E-state index contributed by atoms with van der Waals surface area (Å²) in [5, 5.41) is 4.07. The summed E-state index contributed by atoms with van der Waals surface area (Å²) in [6.07, 6.45) is 2.00. The monoisotopic (exact) mass is 445 g/mol. The highest BCUT2D eigenvalue weighted by molar-refractivity contribution is 6.30. The van der Waals surface area contributed by atoms with Crippen molar-refractivity contribution in [3.8, 4) is 0 Å². The predicted octanol–water partition coefficient (Wildman–Crippen LogP) is 3.17. The Labute approximate surface area is 186 Å². The minimum absolute atomic E-state index is 0.157. The van der Waals surface area contributed by atoms with Crippen LogP contribution in [0.5, 0.6) is 0 Å². The van der Waals surface area contributed by atoms with Crippen molar-refractivity contribution in [3.05, 3.63) is 66.9 Å². The summed E-state index contributed by atoms with van der Waals surface area (Å²) in [4.78, 5) is 36.7. The summed E-state index contributed by atoms with van der Waals surface area (Å²) in [5.74, 6) is 0.458. The lowest BCUT2D eigenvalue weighted by Gasteiger charge is -2.28. The second-order valence-corrected chi connectivity index (χ2v) is 8.52. The largest absolute Gasteiger partial charge is 0.468 e. The van der Waals surface area contributed by atoms with Gasteiger partial charge in [-0.1, -0.05) is 37.6 Å². The third-order valence-electron chi connectivity index (χ3n) is 5.52. The van der Waals surface area contributed by atoms with Crippen molar-refractivity contribution >= 4 is 29.3 Å². The van der Waals surface area contributed by atoms with Crippen LogP contribution in [0.1, 0.15) is 49.9 Å². The van der Waals surface area contributed by atoms with Gasteiger partial charge in [0.2, 0.25) is 0 Å². The molecule has 1 aliphatic heterocycles. The molecule has 166 valence electrons. The Bertz CT molecular complexity index is 1100. The van der Waals surface area contributed by atoms with E-state index in [0.717, 1.165) is 23.3 Å². The fraction of sp³-hybridized carbons (Fsp3) is 0.435. The third kappa shape index (κ3) is 4.93. The van der Waals surface area contributed by atoms with Crippen LogP contribution in [0.15, 0.2) is 33.9 Å². The number of hydrogen-bond acceptors (Lipinski definition) is 5. The number of hydrogen-bond donors (Lipinski definition) is 1. The SMILES string of the molecule is CC(C)CCC1=C(c2ccc(Cl)cc2)NCc2c1c(=O)n(CCCOC=O)c(=O)n2C. The van der Waals surface area contributed by atoms with E-state index in [1.807, 2.05) is 24.3 Å². The van der Waals surface area contributed by atoms with Gasteiger partial charge in [-0.25, -0.2) is 4.79 Å². The number of benzene rings is 1. The third-order valence-corrected chi connectivity index (χ3v) is 5.77. The molecule has 0 unspecified atom stereocenters. The lowest BCUT2D eigenvalue weighted by Crippen LogP contribution is -2.45. The van der Waals surface area contributed by atoms with E-state index in [-0.39, 0.29) is 24.4 Å². The summed E-state index contributed by atoms with van der Waals surface area (Å²) in [6.45, 7) is 5.38. The molecular weight excluding hydrogens is 418 g/mol. The van der Waals surface area contributed by atoms with E-state index in [1.54, 1.807) is 11.6 Å². The van der Waals surface area contributed by atoms with Crippen molar-refractivity contribution in [2.75, 3.05) is 6.61 Å². The Balaban J connectivity index is 2.17. The van der Waals surface area contributed by atoms with Crippen molar-refractivity contribution in [3.63, 3.8) is 0 Å². The van der Waals surface area contributed by atoms with Crippen LogP contribution in [0.3, 0.4) is 0 Å². The molecule has 0 spiro atoms. The number of fused-ring (bicyclic) bond motifs is 1. The topological polar surface area (TPSA) is 82.3 Å². The number of halogens is 1. The molecule has 1 aliphatic rings. The van der Waals surface area contributed by atoms with Crippen molar-refractivity contribution in [2.45, 2.75) is 46.2 Å². The zero-order chi connectivity index (χ0) is 22.5. The fourth-order valence-electron chi connectivity index (χ4n) is 3.85. The first kappa shape index (κ1) is 22.9. The van der Waals surface area contributed by atoms with Crippen LogP contribution in [0.2, 0.25) is 5.02 Å². The molecule has 31 heavy (non-hydrogen) atoms. The Morgan fingerprint density at radius 3 is 2.58 bits per heavy atom. The van der Waals surface area contributed by atoms with Crippen LogP contribution in [-0.4, -0.2) is 22.2 Å². The van der Waals surface area contributed by atoms with E-state index < -0.39 is 0 Å². The summed E-state index contributed by atoms with van der Waals surface area (Å²) < 4.78 is 7.50. The molecule has 8 heteroatoms. The summed E-state index contributed by atoms with van der Waals surface area (Å²) >= 11 is 6.07. The first-order valence-corrected chi connectivity index (χ1v) is 10.8. The molecule has 0 fully saturated rings. The molecule has 0 saturated heterocycles. The minimum Gasteiger partial charge on any atom is -0.468 e. The summed E-state index contributed by atoms with van der Waals surface area (Å²) in [7, 11) is 1.69. The molecule has 2 aromatic rings. The van der Waals surface area contributed by atoms with Crippen LogP contribution in [0, 0.1) is 5.92 Å². The van der Waals surface area contributed by atoms with Gasteiger partial charge >= 0.3 is 5.69 Å². The Hall–Kier alpha value is -2.80. The Kier molecular flexibility index (Phi) is 7.38. The van der Waals surface area contributed by atoms with Crippen molar-refractivity contribution in [2.24, 2.45) is 13.0 Å². The zero-order valence-electron chi connectivity index (χ0n) is 18.1. The summed E-state index contributed by atoms with van der Waals surface area (Å²) in [5.41, 5.74) is 3.38. The molecule has 1 N–H and O–H groups in total. The van der Waals surface area contributed by atoms with Gasteiger partial charge in [0.25, 0.3) is 12.0 Å². The van der Waals surface area contributed by atoms with Gasteiger partial charge in [0, 0.05) is 24.3 Å². The highest BCUT2D eigenvalue weighted by atomic mass is 35.5. The normalized spacial score (nSPS) is 13.2. The van der Waals surface area contributed by atoms with E-state index in [2.05, 4.69) is 19.2 Å². The molecule has 1 aromatic heterocycles. The number of rotatable bonds is 9. The average molecular weight is 446 g/mol. The molecule has 0 aliphatic carbocycles. The van der Waals surface area contributed by atoms with Crippen molar-refractivity contribution in [1.82, 2.24) is 14.5 Å². The van der Waals surface area contributed by atoms with Crippen LogP contribution in [0.25, 0.3) is 11.3 Å². The quantitative estimate of drug-likeness (QED) is 0.473. The molecule has 0 amide bonds. The Morgan fingerprint density at radius 1 is 1.23 bits per heavy atom. The first-order chi connectivity index (χ1) is 14.8. The number of carbonyl (C=O) groups excluding carboxylic acids is 1. The number of aromatic nitrogens is 2. The fourth-order valence-corrected chi connectivity index (χ4v) is 3.98. The molecule has 1 aromatic carbocycles. The Morgan fingerprint density at radius 2 is 1.94 bits per heavy atom. The second-order valence-electron chi connectivity index (χ2n) is 8.09. The van der Waals surface area contributed by atoms with Gasteiger partial charge in [-0.05, 0) is 48.4 Å². The molecule has 0 radical (unpaired) electrons. The molecular formula is C23H28ClN3O4. The maximum Gasteiger partial charge on any atom is 0.331 e.